The topological polar surface area (TPSA) is 34.9 Å². The Balaban J connectivity index is 2.79. The molecule has 82 valence electrons. The van der Waals surface area contributed by atoms with Crippen LogP contribution in [-0.4, -0.2) is 9.55 Å². The molecule has 1 aromatic heterocycles. The minimum atomic E-state index is -0.522. The number of hydrogen-bond acceptors (Lipinski definition) is 2. The van der Waals surface area contributed by atoms with Crippen molar-refractivity contribution in [1.29, 1.82) is 0 Å². The van der Waals surface area contributed by atoms with Crippen molar-refractivity contribution in [1.82, 2.24) is 9.55 Å². The summed E-state index contributed by atoms with van der Waals surface area (Å²) in [5, 5.41) is -0.172. The van der Waals surface area contributed by atoms with Crippen LogP contribution in [-0.2, 0) is 0 Å². The quantitative estimate of drug-likeness (QED) is 0.764. The monoisotopic (exact) mass is 238 g/mol. The summed E-state index contributed by atoms with van der Waals surface area (Å²) >= 11 is 5.62. The van der Waals surface area contributed by atoms with Crippen molar-refractivity contribution in [3.8, 4) is 5.69 Å². The van der Waals surface area contributed by atoms with Crippen LogP contribution in [0.1, 0.15) is 5.69 Å². The third kappa shape index (κ3) is 1.72. The van der Waals surface area contributed by atoms with E-state index in [0.717, 1.165) is 0 Å². The van der Waals surface area contributed by atoms with E-state index in [4.69, 9.17) is 11.6 Å². The molecule has 0 aliphatic heterocycles. The Morgan fingerprint density at radius 3 is 2.75 bits per heavy atom. The Morgan fingerprint density at radius 2 is 2.06 bits per heavy atom. The van der Waals surface area contributed by atoms with Crippen LogP contribution in [0, 0.1) is 12.7 Å². The molecule has 5 heteroatoms. The summed E-state index contributed by atoms with van der Waals surface area (Å²) in [6.45, 7) is 1.66. The van der Waals surface area contributed by atoms with Gasteiger partial charge in [-0.15, -0.1) is 0 Å². The van der Waals surface area contributed by atoms with Crippen LogP contribution in [0.25, 0.3) is 5.69 Å². The summed E-state index contributed by atoms with van der Waals surface area (Å²) in [6, 6.07) is 6.01. The minimum absolute atomic E-state index is 0.172. The average Bonchev–Trinajstić information content (AvgIpc) is 2.27. The summed E-state index contributed by atoms with van der Waals surface area (Å²) < 4.78 is 14.7. The van der Waals surface area contributed by atoms with Gasteiger partial charge in [-0.05, 0) is 19.1 Å². The van der Waals surface area contributed by atoms with Gasteiger partial charge in [-0.1, -0.05) is 23.7 Å². The molecule has 0 radical (unpaired) electrons. The number of nitrogens with zero attached hydrogens (tertiary/aromatic N) is 2. The molecule has 0 saturated heterocycles. The van der Waals surface area contributed by atoms with Gasteiger partial charge in [0.25, 0.3) is 5.56 Å². The molecule has 0 amide bonds. The van der Waals surface area contributed by atoms with Crippen LogP contribution in [0.3, 0.4) is 0 Å². The number of benzene rings is 1. The molecule has 1 heterocycles. The molecule has 3 nitrogen and oxygen atoms in total. The second-order valence-electron chi connectivity index (χ2n) is 3.28. The van der Waals surface area contributed by atoms with E-state index in [1.165, 1.54) is 22.9 Å². The molecule has 0 unspecified atom stereocenters. The lowest BCUT2D eigenvalue weighted by atomic mass is 10.3. The Morgan fingerprint density at radius 1 is 1.38 bits per heavy atom. The highest BCUT2D eigenvalue weighted by atomic mass is 35.5. The van der Waals surface area contributed by atoms with Gasteiger partial charge in [0, 0.05) is 11.9 Å². The molecule has 0 aliphatic rings. The second-order valence-corrected chi connectivity index (χ2v) is 3.64. The summed E-state index contributed by atoms with van der Waals surface area (Å²) in [5.74, 6) is -0.477. The maximum absolute atomic E-state index is 13.5. The second kappa shape index (κ2) is 4.06. The summed E-state index contributed by atoms with van der Waals surface area (Å²) in [7, 11) is 0. The number of aromatic nitrogens is 2. The van der Waals surface area contributed by atoms with Gasteiger partial charge in [0.1, 0.15) is 5.82 Å². The van der Waals surface area contributed by atoms with Gasteiger partial charge in [-0.3, -0.25) is 9.36 Å². The predicted molar refractivity (Wildman–Crippen MR) is 59.5 cm³/mol. The highest BCUT2D eigenvalue weighted by Gasteiger charge is 2.10. The smallest absolute Gasteiger partial charge is 0.274 e. The molecular formula is C11H8ClFN2O. The van der Waals surface area contributed by atoms with Gasteiger partial charge in [0.05, 0.1) is 5.69 Å². The van der Waals surface area contributed by atoms with Gasteiger partial charge < -0.3 is 0 Å². The van der Waals surface area contributed by atoms with Gasteiger partial charge >= 0.3 is 0 Å². The van der Waals surface area contributed by atoms with Crippen LogP contribution in [0.2, 0.25) is 5.15 Å². The number of halogens is 2. The van der Waals surface area contributed by atoms with Gasteiger partial charge in [-0.2, -0.15) is 0 Å². The van der Waals surface area contributed by atoms with Crippen molar-refractivity contribution >= 4 is 11.6 Å². The number of aryl methyl sites for hydroxylation is 1. The fourth-order valence-electron chi connectivity index (χ4n) is 1.45. The SMILES string of the molecule is Cc1cnc(Cl)c(=O)n1-c1ccccc1F. The van der Waals surface area contributed by atoms with E-state index in [0.29, 0.717) is 5.69 Å². The molecule has 0 bridgehead atoms. The average molecular weight is 239 g/mol. The molecule has 0 fully saturated rings. The Labute approximate surface area is 96.1 Å². The van der Waals surface area contributed by atoms with E-state index in [1.807, 2.05) is 0 Å². The maximum Gasteiger partial charge on any atom is 0.293 e. The molecule has 2 rings (SSSR count). The number of para-hydroxylation sites is 1. The lowest BCUT2D eigenvalue weighted by Crippen LogP contribution is -2.22. The van der Waals surface area contributed by atoms with Crippen LogP contribution in [0.5, 0.6) is 0 Å². The first-order valence-corrected chi connectivity index (χ1v) is 4.98. The van der Waals surface area contributed by atoms with E-state index in [-0.39, 0.29) is 10.8 Å². The fraction of sp³-hybridized carbons (Fsp3) is 0.0909. The molecule has 1 aromatic carbocycles. The molecule has 0 N–H and O–H groups in total. The van der Waals surface area contributed by atoms with Gasteiger partial charge in [-0.25, -0.2) is 9.37 Å². The van der Waals surface area contributed by atoms with Gasteiger partial charge in [0.15, 0.2) is 5.15 Å². The lowest BCUT2D eigenvalue weighted by molar-refractivity contribution is 0.614. The Hall–Kier alpha value is -1.68. The van der Waals surface area contributed by atoms with Crippen molar-refractivity contribution in [2.24, 2.45) is 0 Å². The molecule has 0 atom stereocenters. The summed E-state index contributed by atoms with van der Waals surface area (Å²) in [4.78, 5) is 15.4. The van der Waals surface area contributed by atoms with E-state index < -0.39 is 11.4 Å². The number of rotatable bonds is 1. The maximum atomic E-state index is 13.5. The molecule has 16 heavy (non-hydrogen) atoms. The van der Waals surface area contributed by atoms with E-state index >= 15 is 0 Å². The lowest BCUT2D eigenvalue weighted by Gasteiger charge is -2.09. The summed E-state index contributed by atoms with van der Waals surface area (Å²) in [6.07, 6.45) is 1.43. The molecule has 0 spiro atoms. The van der Waals surface area contributed by atoms with Crippen LogP contribution < -0.4 is 5.56 Å². The normalized spacial score (nSPS) is 10.4. The van der Waals surface area contributed by atoms with Crippen LogP contribution in [0.15, 0.2) is 35.3 Å². The van der Waals surface area contributed by atoms with Gasteiger partial charge in [0.2, 0.25) is 0 Å². The van der Waals surface area contributed by atoms with E-state index in [2.05, 4.69) is 4.98 Å². The predicted octanol–water partition coefficient (Wildman–Crippen LogP) is 2.33. The van der Waals surface area contributed by atoms with Crippen molar-refractivity contribution < 1.29 is 4.39 Å². The third-order valence-corrected chi connectivity index (χ3v) is 2.45. The summed E-state index contributed by atoms with van der Waals surface area (Å²) in [5.41, 5.74) is 0.181. The first kappa shape index (κ1) is 10.8. The van der Waals surface area contributed by atoms with Crippen LogP contribution in [0.4, 0.5) is 4.39 Å². The molecular weight excluding hydrogens is 231 g/mol. The zero-order valence-electron chi connectivity index (χ0n) is 8.45. The Kier molecular flexibility index (Phi) is 2.75. The highest BCUT2D eigenvalue weighted by molar-refractivity contribution is 6.29. The molecule has 0 aliphatic carbocycles. The molecule has 2 aromatic rings. The van der Waals surface area contributed by atoms with Crippen molar-refractivity contribution in [3.05, 3.63) is 57.5 Å². The third-order valence-electron chi connectivity index (χ3n) is 2.19. The largest absolute Gasteiger partial charge is 0.293 e. The Bertz CT molecular complexity index is 595. The zero-order chi connectivity index (χ0) is 11.7. The van der Waals surface area contributed by atoms with E-state index in [9.17, 15) is 9.18 Å². The van der Waals surface area contributed by atoms with E-state index in [1.54, 1.807) is 19.1 Å². The van der Waals surface area contributed by atoms with Crippen molar-refractivity contribution in [3.63, 3.8) is 0 Å². The minimum Gasteiger partial charge on any atom is -0.274 e. The first-order valence-electron chi connectivity index (χ1n) is 4.60. The van der Waals surface area contributed by atoms with Crippen LogP contribution >= 0.6 is 11.6 Å². The van der Waals surface area contributed by atoms with Crippen molar-refractivity contribution in [2.45, 2.75) is 6.92 Å². The van der Waals surface area contributed by atoms with Crippen molar-refractivity contribution in [2.75, 3.05) is 0 Å². The zero-order valence-corrected chi connectivity index (χ0v) is 9.20. The highest BCUT2D eigenvalue weighted by Crippen LogP contribution is 2.13. The molecule has 0 saturated carbocycles. The number of hydrogen-bond donors (Lipinski definition) is 0. The first-order chi connectivity index (χ1) is 7.61. The standard InChI is InChI=1S/C11H8ClFN2O/c1-7-6-14-10(12)11(16)15(7)9-5-3-2-4-8(9)13/h2-6H,1H3. The fourth-order valence-corrected chi connectivity index (χ4v) is 1.58.